The number of hydrogen-bond donors (Lipinski definition) is 2. The average molecular weight is 364 g/mol. The van der Waals surface area contributed by atoms with Crippen LogP contribution in [0.2, 0.25) is 0 Å². The number of carbonyl (C=O) groups excluding carboxylic acids is 2. The van der Waals surface area contributed by atoms with Crippen LogP contribution in [0.4, 0.5) is 5.00 Å². The van der Waals surface area contributed by atoms with Crippen LogP contribution in [0.15, 0.2) is 0 Å². The zero-order valence-electron chi connectivity index (χ0n) is 15.4. The first-order valence-electron chi connectivity index (χ1n) is 9.30. The Kier molecular flexibility index (Phi) is 5.49. The second kappa shape index (κ2) is 7.46. The van der Waals surface area contributed by atoms with Crippen LogP contribution in [0.1, 0.15) is 54.4 Å². The number of thiophene rings is 1. The van der Waals surface area contributed by atoms with Gasteiger partial charge in [0.05, 0.1) is 12.1 Å². The molecule has 0 bridgehead atoms. The molecule has 1 aliphatic heterocycles. The maximum Gasteiger partial charge on any atom is 0.251 e. The summed E-state index contributed by atoms with van der Waals surface area (Å²) in [6.45, 7) is 8.99. The number of nitrogens with zero attached hydrogens (tertiary/aromatic N) is 1. The predicted octanol–water partition coefficient (Wildman–Crippen LogP) is 2.89. The molecule has 3 rings (SSSR count). The highest BCUT2D eigenvalue weighted by Gasteiger charge is 2.28. The highest BCUT2D eigenvalue weighted by atomic mass is 32.1. The topological polar surface area (TPSA) is 75.4 Å². The average Bonchev–Trinajstić information content (AvgIpc) is 2.82. The van der Waals surface area contributed by atoms with Gasteiger partial charge in [0.15, 0.2) is 0 Å². The Morgan fingerprint density at radius 3 is 2.52 bits per heavy atom. The molecule has 2 aliphatic rings. The summed E-state index contributed by atoms with van der Waals surface area (Å²) >= 11 is 1.53. The van der Waals surface area contributed by atoms with E-state index in [4.69, 9.17) is 5.73 Å². The zero-order chi connectivity index (χ0) is 18.1. The van der Waals surface area contributed by atoms with Gasteiger partial charge in [-0.3, -0.25) is 14.5 Å². The van der Waals surface area contributed by atoms with E-state index < -0.39 is 5.91 Å². The number of hydrogen-bond acceptors (Lipinski definition) is 4. The Morgan fingerprint density at radius 2 is 1.88 bits per heavy atom. The number of nitrogens with one attached hydrogen (secondary N) is 1. The lowest BCUT2D eigenvalue weighted by atomic mass is 9.88. The van der Waals surface area contributed by atoms with Crippen LogP contribution in [0, 0.1) is 17.8 Å². The van der Waals surface area contributed by atoms with Crippen LogP contribution in [-0.2, 0) is 17.6 Å². The van der Waals surface area contributed by atoms with Gasteiger partial charge < -0.3 is 11.1 Å². The first-order chi connectivity index (χ1) is 11.8. The van der Waals surface area contributed by atoms with Crippen LogP contribution in [-0.4, -0.2) is 36.3 Å². The van der Waals surface area contributed by atoms with Crippen molar-refractivity contribution < 1.29 is 9.59 Å². The van der Waals surface area contributed by atoms with Gasteiger partial charge in [0.2, 0.25) is 5.91 Å². The quantitative estimate of drug-likeness (QED) is 0.864. The first kappa shape index (κ1) is 18.4. The van der Waals surface area contributed by atoms with E-state index in [9.17, 15) is 9.59 Å². The SMILES string of the molecule is C[C@H]1CCc2c(sc(NC(=O)CN3C[C@@H](C)C[C@H](C)C3)c2C(N)=O)C1. The third kappa shape index (κ3) is 4.23. The van der Waals surface area contributed by atoms with E-state index in [0.29, 0.717) is 34.9 Å². The molecular weight excluding hydrogens is 334 g/mol. The van der Waals surface area contributed by atoms with Crippen molar-refractivity contribution in [3.05, 3.63) is 16.0 Å². The van der Waals surface area contributed by atoms with Crippen LogP contribution in [0.5, 0.6) is 0 Å². The Labute approximate surface area is 154 Å². The summed E-state index contributed by atoms with van der Waals surface area (Å²) in [5, 5.41) is 3.63. The molecule has 25 heavy (non-hydrogen) atoms. The number of fused-ring (bicyclic) bond motifs is 1. The Morgan fingerprint density at radius 1 is 1.20 bits per heavy atom. The van der Waals surface area contributed by atoms with Crippen LogP contribution in [0.3, 0.4) is 0 Å². The third-order valence-corrected chi connectivity index (χ3v) is 6.49. The summed E-state index contributed by atoms with van der Waals surface area (Å²) in [5.74, 6) is 1.38. The first-order valence-corrected chi connectivity index (χ1v) is 10.1. The molecule has 1 aliphatic carbocycles. The molecule has 1 saturated heterocycles. The van der Waals surface area contributed by atoms with E-state index in [-0.39, 0.29) is 5.91 Å². The van der Waals surface area contributed by atoms with E-state index in [0.717, 1.165) is 37.9 Å². The van der Waals surface area contributed by atoms with Gasteiger partial charge in [0.1, 0.15) is 5.00 Å². The molecule has 2 heterocycles. The maximum atomic E-state index is 12.5. The molecule has 6 heteroatoms. The van der Waals surface area contributed by atoms with Crippen molar-refractivity contribution in [1.29, 1.82) is 0 Å². The summed E-state index contributed by atoms with van der Waals surface area (Å²) in [7, 11) is 0. The number of likely N-dealkylation sites (tertiary alicyclic amines) is 1. The highest BCUT2D eigenvalue weighted by Crippen LogP contribution is 2.39. The summed E-state index contributed by atoms with van der Waals surface area (Å²) in [4.78, 5) is 27.9. The van der Waals surface area contributed by atoms with Crippen molar-refractivity contribution >= 4 is 28.2 Å². The van der Waals surface area contributed by atoms with Crippen molar-refractivity contribution in [2.75, 3.05) is 25.0 Å². The number of amides is 2. The fraction of sp³-hybridized carbons (Fsp3) is 0.684. The normalized spacial score (nSPS) is 26.9. The van der Waals surface area contributed by atoms with Gasteiger partial charge in [-0.05, 0) is 49.0 Å². The Hall–Kier alpha value is -1.40. The maximum absolute atomic E-state index is 12.5. The van der Waals surface area contributed by atoms with E-state index >= 15 is 0 Å². The zero-order valence-corrected chi connectivity index (χ0v) is 16.2. The molecule has 0 saturated carbocycles. The van der Waals surface area contributed by atoms with Gasteiger partial charge in [-0.1, -0.05) is 20.8 Å². The second-order valence-electron chi connectivity index (χ2n) is 8.11. The number of carbonyl (C=O) groups is 2. The van der Waals surface area contributed by atoms with Crippen molar-refractivity contribution in [3.63, 3.8) is 0 Å². The molecule has 5 nitrogen and oxygen atoms in total. The highest BCUT2D eigenvalue weighted by molar-refractivity contribution is 7.17. The lowest BCUT2D eigenvalue weighted by molar-refractivity contribution is -0.117. The molecule has 1 aromatic rings. The molecule has 2 amide bonds. The van der Waals surface area contributed by atoms with Gasteiger partial charge in [-0.15, -0.1) is 11.3 Å². The number of nitrogens with two attached hydrogens (primary N) is 1. The third-order valence-electron chi connectivity index (χ3n) is 5.32. The summed E-state index contributed by atoms with van der Waals surface area (Å²) < 4.78 is 0. The smallest absolute Gasteiger partial charge is 0.251 e. The van der Waals surface area contributed by atoms with Gasteiger partial charge >= 0.3 is 0 Å². The molecule has 138 valence electrons. The van der Waals surface area contributed by atoms with Crippen molar-refractivity contribution in [2.45, 2.75) is 46.5 Å². The largest absolute Gasteiger partial charge is 0.365 e. The van der Waals surface area contributed by atoms with Crippen molar-refractivity contribution in [3.8, 4) is 0 Å². The molecule has 1 fully saturated rings. The molecule has 0 unspecified atom stereocenters. The summed E-state index contributed by atoms with van der Waals surface area (Å²) in [6, 6.07) is 0. The molecule has 1 aromatic heterocycles. The number of anilines is 1. The van der Waals surface area contributed by atoms with E-state index in [2.05, 4.69) is 31.0 Å². The predicted molar refractivity (Wildman–Crippen MR) is 102 cm³/mol. The molecule has 0 spiro atoms. The molecule has 0 aromatic carbocycles. The Bertz CT molecular complexity index is 660. The fourth-order valence-electron chi connectivity index (χ4n) is 4.39. The lowest BCUT2D eigenvalue weighted by Gasteiger charge is -2.34. The molecule has 3 atom stereocenters. The number of rotatable bonds is 4. The minimum Gasteiger partial charge on any atom is -0.365 e. The van der Waals surface area contributed by atoms with Crippen molar-refractivity contribution in [2.24, 2.45) is 23.5 Å². The van der Waals surface area contributed by atoms with Crippen LogP contribution >= 0.6 is 11.3 Å². The summed E-state index contributed by atoms with van der Waals surface area (Å²) in [6.07, 6.45) is 4.14. The van der Waals surface area contributed by atoms with Gasteiger partial charge in [-0.2, -0.15) is 0 Å². The van der Waals surface area contributed by atoms with Crippen LogP contribution < -0.4 is 11.1 Å². The van der Waals surface area contributed by atoms with Gasteiger partial charge in [0, 0.05) is 18.0 Å². The fourth-order valence-corrected chi connectivity index (χ4v) is 5.82. The number of piperidine rings is 1. The minimum absolute atomic E-state index is 0.0459. The number of primary amides is 1. The second-order valence-corrected chi connectivity index (χ2v) is 9.21. The lowest BCUT2D eigenvalue weighted by Crippen LogP contribution is -2.42. The standard InChI is InChI=1S/C19H29N3O2S/c1-11-4-5-14-15(7-11)25-19(17(14)18(20)24)21-16(23)10-22-8-12(2)6-13(3)9-22/h11-13H,4-10H2,1-3H3,(H2,20,24)(H,21,23)/t11-,12-,13-/m0/s1. The summed E-state index contributed by atoms with van der Waals surface area (Å²) in [5.41, 5.74) is 7.22. The van der Waals surface area contributed by atoms with E-state index in [1.54, 1.807) is 0 Å². The van der Waals surface area contributed by atoms with Crippen molar-refractivity contribution in [1.82, 2.24) is 4.90 Å². The van der Waals surface area contributed by atoms with Gasteiger partial charge in [-0.25, -0.2) is 0 Å². The molecular formula is C19H29N3O2S. The molecule has 0 radical (unpaired) electrons. The minimum atomic E-state index is -0.428. The van der Waals surface area contributed by atoms with E-state index in [1.165, 1.54) is 22.6 Å². The molecule has 3 N–H and O–H groups in total. The van der Waals surface area contributed by atoms with E-state index in [1.807, 2.05) is 0 Å². The van der Waals surface area contributed by atoms with Gasteiger partial charge in [0.25, 0.3) is 5.91 Å². The Balaban J connectivity index is 1.72. The monoisotopic (exact) mass is 363 g/mol. The van der Waals surface area contributed by atoms with Crippen LogP contribution in [0.25, 0.3) is 0 Å².